The first-order valence-corrected chi connectivity index (χ1v) is 11.3. The Hall–Kier alpha value is -1.59. The Morgan fingerprint density at radius 1 is 1.14 bits per heavy atom. The lowest BCUT2D eigenvalue weighted by atomic mass is 9.79. The molecule has 1 atom stereocenters. The Morgan fingerprint density at radius 2 is 1.86 bits per heavy atom. The topological polar surface area (TPSA) is 50.8 Å². The minimum absolute atomic E-state index is 0.0312. The van der Waals surface area contributed by atoms with Crippen LogP contribution in [-0.4, -0.2) is 49.8 Å². The van der Waals surface area contributed by atoms with Gasteiger partial charge in [-0.15, -0.1) is 0 Å². The Labute approximate surface area is 176 Å². The van der Waals surface area contributed by atoms with Gasteiger partial charge in [0.25, 0.3) is 5.91 Å². The van der Waals surface area contributed by atoms with E-state index in [1.165, 1.54) is 25.9 Å². The first kappa shape index (κ1) is 22.1. The fourth-order valence-corrected chi connectivity index (χ4v) is 4.60. The van der Waals surface area contributed by atoms with E-state index in [0.717, 1.165) is 62.6 Å². The predicted molar refractivity (Wildman–Crippen MR) is 117 cm³/mol. The number of rotatable bonds is 8. The first-order chi connectivity index (χ1) is 14.0. The smallest absolute Gasteiger partial charge is 0.256 e. The number of amides is 1. The number of nitrogens with zero attached hydrogens (tertiary/aromatic N) is 1. The van der Waals surface area contributed by atoms with Crippen molar-refractivity contribution in [1.82, 2.24) is 4.90 Å². The predicted octanol–water partition coefficient (Wildman–Crippen LogP) is 4.72. The number of hydrogen-bond acceptors (Lipinski definition) is 4. The monoisotopic (exact) mass is 402 g/mol. The van der Waals surface area contributed by atoms with Crippen molar-refractivity contribution < 1.29 is 14.3 Å². The molecule has 5 heteroatoms. The zero-order valence-corrected chi connectivity index (χ0v) is 18.4. The Bertz CT molecular complexity index is 638. The maximum atomic E-state index is 12.8. The van der Waals surface area contributed by atoms with Crippen LogP contribution in [0, 0.1) is 11.8 Å². The van der Waals surface area contributed by atoms with Crippen molar-refractivity contribution >= 4 is 11.6 Å². The molecular weight excluding hydrogens is 364 g/mol. The quantitative estimate of drug-likeness (QED) is 0.639. The highest BCUT2D eigenvalue weighted by molar-refractivity contribution is 5.97. The van der Waals surface area contributed by atoms with Gasteiger partial charge >= 0.3 is 0 Å². The summed E-state index contributed by atoms with van der Waals surface area (Å²) in [6, 6.07) is 7.69. The molecule has 1 aliphatic heterocycles. The minimum Gasteiger partial charge on any atom is -0.494 e. The molecule has 29 heavy (non-hydrogen) atoms. The van der Waals surface area contributed by atoms with E-state index in [0.29, 0.717) is 5.92 Å². The van der Waals surface area contributed by atoms with E-state index in [1.54, 1.807) is 7.11 Å². The number of anilines is 1. The molecule has 162 valence electrons. The third-order valence-corrected chi connectivity index (χ3v) is 6.63. The van der Waals surface area contributed by atoms with Crippen molar-refractivity contribution in [2.45, 2.75) is 64.4 Å². The van der Waals surface area contributed by atoms with Gasteiger partial charge in [0, 0.05) is 25.9 Å². The zero-order valence-electron chi connectivity index (χ0n) is 18.4. The van der Waals surface area contributed by atoms with E-state index in [4.69, 9.17) is 9.47 Å². The van der Waals surface area contributed by atoms with Crippen LogP contribution in [0.15, 0.2) is 24.3 Å². The summed E-state index contributed by atoms with van der Waals surface area (Å²) in [5.74, 6) is 2.31. The standard InChI is InChI=1S/C24H38N2O3/c1-19-11-13-24(28-3,14-12-19)23(27)25-21-7-9-22(10-8-21)29-17-5-16-26-15-4-6-20(2)18-26/h7-10,19-20H,4-6,11-18H2,1-3H3,(H,25,27)/t19?,20-,24?/m1/s1. The first-order valence-electron chi connectivity index (χ1n) is 11.3. The van der Waals surface area contributed by atoms with Crippen molar-refractivity contribution in [3.05, 3.63) is 24.3 Å². The van der Waals surface area contributed by atoms with E-state index < -0.39 is 5.60 Å². The maximum Gasteiger partial charge on any atom is 0.256 e. The Kier molecular flexibility index (Phi) is 7.96. The number of piperidine rings is 1. The molecule has 0 bridgehead atoms. The molecule has 0 spiro atoms. The summed E-state index contributed by atoms with van der Waals surface area (Å²) in [6.07, 6.45) is 7.36. The molecule has 1 heterocycles. The lowest BCUT2D eigenvalue weighted by Gasteiger charge is -2.36. The van der Waals surface area contributed by atoms with Crippen molar-refractivity contribution in [3.63, 3.8) is 0 Å². The van der Waals surface area contributed by atoms with Crippen molar-refractivity contribution in [2.24, 2.45) is 11.8 Å². The number of nitrogens with one attached hydrogen (secondary N) is 1. The number of ether oxygens (including phenoxy) is 2. The summed E-state index contributed by atoms with van der Waals surface area (Å²) in [5, 5.41) is 3.03. The molecule has 0 radical (unpaired) electrons. The average Bonchev–Trinajstić information content (AvgIpc) is 2.73. The normalized spacial score (nSPS) is 28.1. The Balaban J connectivity index is 1.42. The van der Waals surface area contributed by atoms with Gasteiger partial charge in [0.1, 0.15) is 11.4 Å². The molecule has 2 fully saturated rings. The molecule has 1 saturated carbocycles. The van der Waals surface area contributed by atoms with Crippen LogP contribution in [0.1, 0.15) is 58.8 Å². The van der Waals surface area contributed by atoms with E-state index in [2.05, 4.69) is 24.1 Å². The van der Waals surface area contributed by atoms with E-state index >= 15 is 0 Å². The SMILES string of the molecule is COC1(C(=O)Nc2ccc(OCCCN3CCC[C@@H](C)C3)cc2)CCC(C)CC1. The van der Waals surface area contributed by atoms with Crippen LogP contribution in [0.2, 0.25) is 0 Å². The van der Waals surface area contributed by atoms with E-state index in [-0.39, 0.29) is 5.91 Å². The summed E-state index contributed by atoms with van der Waals surface area (Å²) in [7, 11) is 1.65. The lowest BCUT2D eigenvalue weighted by Crippen LogP contribution is -2.47. The fourth-order valence-electron chi connectivity index (χ4n) is 4.60. The second kappa shape index (κ2) is 10.4. The molecule has 0 unspecified atom stereocenters. The number of carbonyl (C=O) groups excluding carboxylic acids is 1. The summed E-state index contributed by atoms with van der Waals surface area (Å²) < 4.78 is 11.6. The molecule has 1 saturated heterocycles. The molecule has 3 rings (SSSR count). The van der Waals surface area contributed by atoms with Gasteiger partial charge in [0.2, 0.25) is 0 Å². The van der Waals surface area contributed by atoms with Gasteiger partial charge in [-0.05, 0) is 87.6 Å². The second-order valence-corrected chi connectivity index (χ2v) is 9.11. The largest absolute Gasteiger partial charge is 0.494 e. The highest BCUT2D eigenvalue weighted by Crippen LogP contribution is 2.35. The molecule has 1 aromatic carbocycles. The van der Waals surface area contributed by atoms with Crippen LogP contribution in [0.5, 0.6) is 5.75 Å². The van der Waals surface area contributed by atoms with Gasteiger partial charge in [-0.1, -0.05) is 13.8 Å². The van der Waals surface area contributed by atoms with E-state index in [9.17, 15) is 4.79 Å². The Morgan fingerprint density at radius 3 is 2.52 bits per heavy atom. The van der Waals surface area contributed by atoms with Crippen LogP contribution < -0.4 is 10.1 Å². The molecule has 2 aliphatic rings. The third-order valence-electron chi connectivity index (χ3n) is 6.63. The lowest BCUT2D eigenvalue weighted by molar-refractivity contribution is -0.142. The van der Waals surface area contributed by atoms with Gasteiger partial charge < -0.3 is 19.7 Å². The highest BCUT2D eigenvalue weighted by atomic mass is 16.5. The number of carbonyl (C=O) groups is 1. The second-order valence-electron chi connectivity index (χ2n) is 9.11. The molecular formula is C24H38N2O3. The van der Waals surface area contributed by atoms with Crippen LogP contribution in [0.3, 0.4) is 0 Å². The van der Waals surface area contributed by atoms with Crippen molar-refractivity contribution in [3.8, 4) is 5.75 Å². The van der Waals surface area contributed by atoms with Gasteiger partial charge in [0.15, 0.2) is 0 Å². The van der Waals surface area contributed by atoms with Crippen molar-refractivity contribution in [1.29, 1.82) is 0 Å². The van der Waals surface area contributed by atoms with Gasteiger partial charge in [-0.3, -0.25) is 4.79 Å². The van der Waals surface area contributed by atoms with Crippen LogP contribution in [-0.2, 0) is 9.53 Å². The molecule has 1 amide bonds. The number of likely N-dealkylation sites (tertiary alicyclic amines) is 1. The van der Waals surface area contributed by atoms with E-state index in [1.807, 2.05) is 24.3 Å². The zero-order chi connectivity index (χ0) is 20.7. The van der Waals surface area contributed by atoms with Crippen LogP contribution in [0.25, 0.3) is 0 Å². The minimum atomic E-state index is -0.687. The highest BCUT2D eigenvalue weighted by Gasteiger charge is 2.41. The summed E-state index contributed by atoms with van der Waals surface area (Å²) in [4.78, 5) is 15.4. The van der Waals surface area contributed by atoms with Gasteiger partial charge in [-0.25, -0.2) is 0 Å². The summed E-state index contributed by atoms with van der Waals surface area (Å²) >= 11 is 0. The molecule has 1 N–H and O–H groups in total. The molecule has 5 nitrogen and oxygen atoms in total. The summed E-state index contributed by atoms with van der Waals surface area (Å²) in [5.41, 5.74) is 0.105. The molecule has 1 aromatic rings. The maximum absolute atomic E-state index is 12.8. The summed E-state index contributed by atoms with van der Waals surface area (Å²) in [6.45, 7) is 8.85. The van der Waals surface area contributed by atoms with Gasteiger partial charge in [0.05, 0.1) is 6.61 Å². The third kappa shape index (κ3) is 6.19. The average molecular weight is 403 g/mol. The number of methoxy groups -OCH3 is 1. The van der Waals surface area contributed by atoms with Crippen LogP contribution in [0.4, 0.5) is 5.69 Å². The molecule has 1 aliphatic carbocycles. The fraction of sp³-hybridized carbons (Fsp3) is 0.708. The number of benzene rings is 1. The van der Waals surface area contributed by atoms with Crippen LogP contribution >= 0.6 is 0 Å². The number of hydrogen-bond donors (Lipinski definition) is 1. The van der Waals surface area contributed by atoms with Crippen molar-refractivity contribution in [2.75, 3.05) is 38.7 Å². The van der Waals surface area contributed by atoms with Gasteiger partial charge in [-0.2, -0.15) is 0 Å². The molecule has 0 aromatic heterocycles.